The topological polar surface area (TPSA) is 84.3 Å². The monoisotopic (exact) mass is 348 g/mol. The van der Waals surface area contributed by atoms with Crippen LogP contribution in [0.4, 0.5) is 5.82 Å². The lowest BCUT2D eigenvalue weighted by Crippen LogP contribution is -2.41. The number of hydrogen-bond acceptors (Lipinski definition) is 4. The summed E-state index contributed by atoms with van der Waals surface area (Å²) in [7, 11) is -3.18. The van der Waals surface area contributed by atoms with E-state index in [0.29, 0.717) is 31.7 Å². The number of carbonyl (C=O) groups is 1. The van der Waals surface area contributed by atoms with Crippen LogP contribution in [0.25, 0.3) is 5.69 Å². The standard InChI is InChI=1S/C16H20N4O3S/c1-24(22,23)19-11-8-13(9-12-19)16(21)18-15-7-10-17-20(15)14-5-3-2-4-6-14/h2-7,10,13H,8-9,11-12H2,1H3,(H,18,21). The molecule has 0 spiro atoms. The summed E-state index contributed by atoms with van der Waals surface area (Å²) in [4.78, 5) is 12.5. The second kappa shape index (κ2) is 6.74. The largest absolute Gasteiger partial charge is 0.310 e. The molecule has 1 N–H and O–H groups in total. The summed E-state index contributed by atoms with van der Waals surface area (Å²) in [6.07, 6.45) is 3.89. The molecule has 3 rings (SSSR count). The Kier molecular flexibility index (Phi) is 4.68. The molecule has 1 aromatic carbocycles. The second-order valence-electron chi connectivity index (χ2n) is 5.89. The average molecular weight is 348 g/mol. The lowest BCUT2D eigenvalue weighted by atomic mass is 9.97. The minimum absolute atomic E-state index is 0.0965. The number of aromatic nitrogens is 2. The number of amides is 1. The number of nitrogens with one attached hydrogen (secondary N) is 1. The maximum atomic E-state index is 12.5. The third kappa shape index (κ3) is 3.65. The first-order valence-electron chi connectivity index (χ1n) is 7.80. The van der Waals surface area contributed by atoms with Gasteiger partial charge < -0.3 is 5.32 Å². The van der Waals surface area contributed by atoms with Gasteiger partial charge in [0.15, 0.2) is 0 Å². The molecule has 0 radical (unpaired) electrons. The van der Waals surface area contributed by atoms with E-state index in [0.717, 1.165) is 5.69 Å². The molecule has 1 saturated heterocycles. The van der Waals surface area contributed by atoms with E-state index in [1.807, 2.05) is 30.3 Å². The Morgan fingerprint density at radius 2 is 1.83 bits per heavy atom. The highest BCUT2D eigenvalue weighted by Gasteiger charge is 2.29. The van der Waals surface area contributed by atoms with E-state index in [9.17, 15) is 13.2 Å². The van der Waals surface area contributed by atoms with Crippen molar-refractivity contribution in [2.45, 2.75) is 12.8 Å². The lowest BCUT2D eigenvalue weighted by molar-refractivity contribution is -0.120. The van der Waals surface area contributed by atoms with Crippen molar-refractivity contribution in [2.24, 2.45) is 5.92 Å². The number of piperidine rings is 1. The molecule has 0 atom stereocenters. The van der Waals surface area contributed by atoms with E-state index in [1.165, 1.54) is 10.6 Å². The highest BCUT2D eigenvalue weighted by Crippen LogP contribution is 2.22. The molecular formula is C16H20N4O3S. The Hall–Kier alpha value is -2.19. The quantitative estimate of drug-likeness (QED) is 0.907. The molecule has 2 heterocycles. The fraction of sp³-hybridized carbons (Fsp3) is 0.375. The van der Waals surface area contributed by atoms with E-state index < -0.39 is 10.0 Å². The zero-order chi connectivity index (χ0) is 17.2. The Labute approximate surface area is 141 Å². The third-order valence-corrected chi connectivity index (χ3v) is 5.49. The van der Waals surface area contributed by atoms with Crippen molar-refractivity contribution in [3.05, 3.63) is 42.6 Å². The second-order valence-corrected chi connectivity index (χ2v) is 7.87. The first kappa shape index (κ1) is 16.7. The molecule has 1 aliphatic heterocycles. The maximum Gasteiger partial charge on any atom is 0.228 e. The van der Waals surface area contributed by atoms with Gasteiger partial charge in [-0.25, -0.2) is 17.4 Å². The van der Waals surface area contributed by atoms with E-state index in [1.54, 1.807) is 16.9 Å². The van der Waals surface area contributed by atoms with Gasteiger partial charge >= 0.3 is 0 Å². The maximum absolute atomic E-state index is 12.5. The molecule has 7 nitrogen and oxygen atoms in total. The van der Waals surface area contributed by atoms with Crippen molar-refractivity contribution in [1.82, 2.24) is 14.1 Å². The molecule has 1 aliphatic rings. The van der Waals surface area contributed by atoms with Crippen molar-refractivity contribution >= 4 is 21.7 Å². The molecule has 128 valence electrons. The minimum Gasteiger partial charge on any atom is -0.310 e. The van der Waals surface area contributed by atoms with Gasteiger partial charge in [-0.15, -0.1) is 0 Å². The number of rotatable bonds is 4. The fourth-order valence-electron chi connectivity index (χ4n) is 2.85. The zero-order valence-corrected chi connectivity index (χ0v) is 14.2. The summed E-state index contributed by atoms with van der Waals surface area (Å²) >= 11 is 0. The molecule has 8 heteroatoms. The van der Waals surface area contributed by atoms with Crippen molar-refractivity contribution < 1.29 is 13.2 Å². The first-order chi connectivity index (χ1) is 11.4. The SMILES string of the molecule is CS(=O)(=O)N1CCC(C(=O)Nc2ccnn2-c2ccccc2)CC1. The van der Waals surface area contributed by atoms with Crippen LogP contribution in [0.5, 0.6) is 0 Å². The zero-order valence-electron chi connectivity index (χ0n) is 13.4. The fourth-order valence-corrected chi connectivity index (χ4v) is 3.72. The summed E-state index contributed by atoms with van der Waals surface area (Å²) in [6, 6.07) is 11.3. The summed E-state index contributed by atoms with van der Waals surface area (Å²) in [6.45, 7) is 0.768. The predicted octanol–water partition coefficient (Wildman–Crippen LogP) is 1.48. The molecule has 1 amide bonds. The number of carbonyl (C=O) groups excluding carboxylic acids is 1. The van der Waals surface area contributed by atoms with Crippen LogP contribution < -0.4 is 5.32 Å². The number of nitrogens with zero attached hydrogens (tertiary/aromatic N) is 3. The molecule has 1 aromatic heterocycles. The van der Waals surface area contributed by atoms with Gasteiger partial charge in [0.05, 0.1) is 18.1 Å². The number of benzene rings is 1. The van der Waals surface area contributed by atoms with Crippen LogP contribution in [-0.4, -0.2) is 47.8 Å². The predicted molar refractivity (Wildman–Crippen MR) is 91.3 cm³/mol. The number of hydrogen-bond donors (Lipinski definition) is 1. The summed E-state index contributed by atoms with van der Waals surface area (Å²) in [5, 5.41) is 7.15. The third-order valence-electron chi connectivity index (χ3n) is 4.19. The van der Waals surface area contributed by atoms with Gasteiger partial charge in [-0.1, -0.05) is 18.2 Å². The Morgan fingerprint density at radius 1 is 1.17 bits per heavy atom. The van der Waals surface area contributed by atoms with Crippen LogP contribution in [0, 0.1) is 5.92 Å². The molecule has 0 aliphatic carbocycles. The van der Waals surface area contributed by atoms with Crippen molar-refractivity contribution in [1.29, 1.82) is 0 Å². The first-order valence-corrected chi connectivity index (χ1v) is 9.65. The van der Waals surface area contributed by atoms with E-state index >= 15 is 0 Å². The number of anilines is 1. The molecule has 0 saturated carbocycles. The Morgan fingerprint density at radius 3 is 2.46 bits per heavy atom. The van der Waals surface area contributed by atoms with Gasteiger partial charge in [0.2, 0.25) is 15.9 Å². The summed E-state index contributed by atoms with van der Waals surface area (Å²) in [5.41, 5.74) is 0.865. The highest BCUT2D eigenvalue weighted by molar-refractivity contribution is 7.88. The van der Waals surface area contributed by atoms with Crippen LogP contribution in [0.1, 0.15) is 12.8 Å². The van der Waals surface area contributed by atoms with E-state index in [-0.39, 0.29) is 11.8 Å². The molecule has 0 bridgehead atoms. The lowest BCUT2D eigenvalue weighted by Gasteiger charge is -2.29. The van der Waals surface area contributed by atoms with Crippen molar-refractivity contribution in [3.8, 4) is 5.69 Å². The van der Waals surface area contributed by atoms with Crippen molar-refractivity contribution in [3.63, 3.8) is 0 Å². The molecule has 2 aromatic rings. The van der Waals surface area contributed by atoms with Gasteiger partial charge in [0, 0.05) is 25.1 Å². The van der Waals surface area contributed by atoms with Crippen LogP contribution in [0.2, 0.25) is 0 Å². The molecular weight excluding hydrogens is 328 g/mol. The minimum atomic E-state index is -3.18. The van der Waals surface area contributed by atoms with Crippen molar-refractivity contribution in [2.75, 3.05) is 24.7 Å². The van der Waals surface area contributed by atoms with Crippen LogP contribution in [-0.2, 0) is 14.8 Å². The Bertz CT molecular complexity index is 809. The average Bonchev–Trinajstić information content (AvgIpc) is 3.03. The molecule has 1 fully saturated rings. The smallest absolute Gasteiger partial charge is 0.228 e. The Balaban J connectivity index is 1.66. The number of para-hydroxylation sites is 1. The van der Waals surface area contributed by atoms with Gasteiger partial charge in [0.25, 0.3) is 0 Å². The summed E-state index contributed by atoms with van der Waals surface area (Å²) in [5.74, 6) is 0.319. The van der Waals surface area contributed by atoms with Gasteiger partial charge in [-0.2, -0.15) is 5.10 Å². The van der Waals surface area contributed by atoms with Crippen LogP contribution in [0.15, 0.2) is 42.6 Å². The van der Waals surface area contributed by atoms with Gasteiger partial charge in [-0.3, -0.25) is 4.79 Å². The van der Waals surface area contributed by atoms with Crippen LogP contribution in [0.3, 0.4) is 0 Å². The van der Waals surface area contributed by atoms with E-state index in [4.69, 9.17) is 0 Å². The molecule has 0 unspecified atom stereocenters. The van der Waals surface area contributed by atoms with Gasteiger partial charge in [-0.05, 0) is 25.0 Å². The normalized spacial score (nSPS) is 16.9. The van der Waals surface area contributed by atoms with Crippen LogP contribution >= 0.6 is 0 Å². The highest BCUT2D eigenvalue weighted by atomic mass is 32.2. The molecule has 24 heavy (non-hydrogen) atoms. The van der Waals surface area contributed by atoms with E-state index in [2.05, 4.69) is 10.4 Å². The summed E-state index contributed by atoms with van der Waals surface area (Å²) < 4.78 is 26.2. The number of sulfonamides is 1. The van der Waals surface area contributed by atoms with Gasteiger partial charge in [0.1, 0.15) is 5.82 Å².